The van der Waals surface area contributed by atoms with Gasteiger partial charge in [-0.1, -0.05) is 13.0 Å². The minimum Gasteiger partial charge on any atom is -0.486 e. The molecule has 1 fully saturated rings. The van der Waals surface area contributed by atoms with Crippen LogP contribution in [0.5, 0.6) is 11.5 Å². The van der Waals surface area contributed by atoms with Crippen LogP contribution in [-0.2, 0) is 6.54 Å². The molecule has 0 radical (unpaired) electrons. The third kappa shape index (κ3) is 2.61. The number of likely N-dealkylation sites (tertiary alicyclic amines) is 1. The Kier molecular flexibility index (Phi) is 3.41. The fraction of sp³-hybridized carbons (Fsp3) is 0.600. The number of fused-ring (bicyclic) bond motifs is 1. The van der Waals surface area contributed by atoms with Crippen LogP contribution in [0.4, 0.5) is 0 Å². The van der Waals surface area contributed by atoms with Gasteiger partial charge in [-0.2, -0.15) is 0 Å². The van der Waals surface area contributed by atoms with E-state index >= 15 is 0 Å². The maximum atomic E-state index is 5.63. The van der Waals surface area contributed by atoms with Crippen LogP contribution < -0.4 is 9.47 Å². The van der Waals surface area contributed by atoms with E-state index in [0.29, 0.717) is 13.2 Å². The van der Waals surface area contributed by atoms with Gasteiger partial charge in [-0.05, 0) is 49.5 Å². The van der Waals surface area contributed by atoms with E-state index < -0.39 is 0 Å². The number of nitrogens with zero attached hydrogens (tertiary/aromatic N) is 1. The molecule has 2 aliphatic heterocycles. The highest BCUT2D eigenvalue weighted by Gasteiger charge is 2.17. The highest BCUT2D eigenvalue weighted by Crippen LogP contribution is 2.31. The molecule has 0 N–H and O–H groups in total. The molecule has 0 aromatic heterocycles. The van der Waals surface area contributed by atoms with Gasteiger partial charge in [0.15, 0.2) is 11.5 Å². The van der Waals surface area contributed by atoms with Crippen LogP contribution in [0.1, 0.15) is 25.3 Å². The van der Waals surface area contributed by atoms with Gasteiger partial charge in [0.1, 0.15) is 13.2 Å². The van der Waals surface area contributed by atoms with Crippen molar-refractivity contribution in [2.24, 2.45) is 5.92 Å². The Hall–Kier alpha value is -1.22. The zero-order valence-electron chi connectivity index (χ0n) is 11.0. The second-order valence-corrected chi connectivity index (χ2v) is 5.44. The standard InChI is InChI=1S/C15H21NO2/c1-12-4-6-16(7-5-12)11-13-2-3-14-15(10-13)18-9-8-17-14/h2-3,10,12H,4-9,11H2,1H3. The summed E-state index contributed by atoms with van der Waals surface area (Å²) in [5, 5.41) is 0. The maximum Gasteiger partial charge on any atom is 0.161 e. The molecule has 98 valence electrons. The second kappa shape index (κ2) is 5.19. The van der Waals surface area contributed by atoms with Gasteiger partial charge >= 0.3 is 0 Å². The summed E-state index contributed by atoms with van der Waals surface area (Å²) in [6, 6.07) is 6.33. The third-order valence-electron chi connectivity index (χ3n) is 3.89. The number of hydrogen-bond acceptors (Lipinski definition) is 3. The molecular formula is C15H21NO2. The van der Waals surface area contributed by atoms with Crippen molar-refractivity contribution in [1.82, 2.24) is 4.90 Å². The molecular weight excluding hydrogens is 226 g/mol. The highest BCUT2D eigenvalue weighted by molar-refractivity contribution is 5.43. The molecule has 0 bridgehead atoms. The first-order chi connectivity index (χ1) is 8.81. The van der Waals surface area contributed by atoms with E-state index in [1.807, 2.05) is 6.07 Å². The largest absolute Gasteiger partial charge is 0.486 e. The zero-order chi connectivity index (χ0) is 12.4. The summed E-state index contributed by atoms with van der Waals surface area (Å²) in [6.07, 6.45) is 2.65. The number of benzene rings is 1. The SMILES string of the molecule is CC1CCN(Cc2ccc3c(c2)OCCO3)CC1. The van der Waals surface area contributed by atoms with Crippen molar-refractivity contribution in [3.63, 3.8) is 0 Å². The predicted molar refractivity (Wildman–Crippen MR) is 71.1 cm³/mol. The van der Waals surface area contributed by atoms with Gasteiger partial charge in [-0.3, -0.25) is 4.90 Å². The monoisotopic (exact) mass is 247 g/mol. The van der Waals surface area contributed by atoms with Gasteiger partial charge < -0.3 is 9.47 Å². The minimum atomic E-state index is 0.663. The molecule has 0 spiro atoms. The summed E-state index contributed by atoms with van der Waals surface area (Å²) < 4.78 is 11.2. The lowest BCUT2D eigenvalue weighted by Crippen LogP contribution is -2.32. The highest BCUT2D eigenvalue weighted by atomic mass is 16.6. The first-order valence-electron chi connectivity index (χ1n) is 6.92. The smallest absolute Gasteiger partial charge is 0.161 e. The van der Waals surface area contributed by atoms with Crippen LogP contribution in [0.2, 0.25) is 0 Å². The van der Waals surface area contributed by atoms with Crippen molar-refractivity contribution in [2.45, 2.75) is 26.3 Å². The minimum absolute atomic E-state index is 0.663. The van der Waals surface area contributed by atoms with Crippen molar-refractivity contribution in [2.75, 3.05) is 26.3 Å². The van der Waals surface area contributed by atoms with E-state index in [4.69, 9.17) is 9.47 Å². The molecule has 0 amide bonds. The molecule has 2 aliphatic rings. The lowest BCUT2D eigenvalue weighted by Gasteiger charge is -2.30. The Bertz CT molecular complexity index is 411. The number of ether oxygens (including phenoxy) is 2. The molecule has 3 rings (SSSR count). The maximum absolute atomic E-state index is 5.63. The van der Waals surface area contributed by atoms with Gasteiger partial charge in [0.25, 0.3) is 0 Å². The molecule has 0 saturated carbocycles. The van der Waals surface area contributed by atoms with E-state index in [-0.39, 0.29) is 0 Å². The van der Waals surface area contributed by atoms with Crippen molar-refractivity contribution in [3.05, 3.63) is 23.8 Å². The van der Waals surface area contributed by atoms with E-state index in [1.54, 1.807) is 0 Å². The van der Waals surface area contributed by atoms with Gasteiger partial charge in [0.05, 0.1) is 0 Å². The molecule has 0 unspecified atom stereocenters. The first-order valence-corrected chi connectivity index (χ1v) is 6.92. The summed E-state index contributed by atoms with van der Waals surface area (Å²) in [4.78, 5) is 2.53. The van der Waals surface area contributed by atoms with Crippen LogP contribution in [-0.4, -0.2) is 31.2 Å². The molecule has 0 atom stereocenters. The predicted octanol–water partition coefficient (Wildman–Crippen LogP) is 2.69. The second-order valence-electron chi connectivity index (χ2n) is 5.44. The summed E-state index contributed by atoms with van der Waals surface area (Å²) >= 11 is 0. The molecule has 1 saturated heterocycles. The van der Waals surface area contributed by atoms with E-state index in [9.17, 15) is 0 Å². The van der Waals surface area contributed by atoms with E-state index in [1.165, 1.54) is 31.5 Å². The normalized spacial score (nSPS) is 20.9. The summed E-state index contributed by atoms with van der Waals surface area (Å²) in [5.74, 6) is 2.68. The molecule has 18 heavy (non-hydrogen) atoms. The zero-order valence-corrected chi connectivity index (χ0v) is 11.0. The molecule has 1 aromatic carbocycles. The fourth-order valence-electron chi connectivity index (χ4n) is 2.66. The molecule has 1 aromatic rings. The Balaban J connectivity index is 1.66. The van der Waals surface area contributed by atoms with Crippen LogP contribution >= 0.6 is 0 Å². The Labute approximate surface area is 109 Å². The van der Waals surface area contributed by atoms with Crippen molar-refractivity contribution < 1.29 is 9.47 Å². The van der Waals surface area contributed by atoms with Gasteiger partial charge in [-0.25, -0.2) is 0 Å². The average Bonchev–Trinajstić information content (AvgIpc) is 2.41. The van der Waals surface area contributed by atoms with E-state index in [0.717, 1.165) is 24.0 Å². The van der Waals surface area contributed by atoms with Crippen LogP contribution in [0.3, 0.4) is 0 Å². The summed E-state index contributed by atoms with van der Waals surface area (Å²) in [6.45, 7) is 7.14. The third-order valence-corrected chi connectivity index (χ3v) is 3.89. The lowest BCUT2D eigenvalue weighted by molar-refractivity contribution is 0.169. The quantitative estimate of drug-likeness (QED) is 0.802. The molecule has 3 nitrogen and oxygen atoms in total. The van der Waals surface area contributed by atoms with E-state index in [2.05, 4.69) is 24.0 Å². The topological polar surface area (TPSA) is 21.7 Å². The first kappa shape index (κ1) is 11.8. The van der Waals surface area contributed by atoms with Crippen molar-refractivity contribution >= 4 is 0 Å². The Morgan fingerprint density at radius 1 is 1.11 bits per heavy atom. The van der Waals surface area contributed by atoms with Crippen LogP contribution in [0.25, 0.3) is 0 Å². The molecule has 0 aliphatic carbocycles. The number of hydrogen-bond donors (Lipinski definition) is 0. The van der Waals surface area contributed by atoms with Crippen molar-refractivity contribution in [1.29, 1.82) is 0 Å². The Morgan fingerprint density at radius 2 is 1.83 bits per heavy atom. The van der Waals surface area contributed by atoms with Crippen LogP contribution in [0.15, 0.2) is 18.2 Å². The van der Waals surface area contributed by atoms with Crippen molar-refractivity contribution in [3.8, 4) is 11.5 Å². The van der Waals surface area contributed by atoms with Gasteiger partial charge in [-0.15, -0.1) is 0 Å². The molecule has 2 heterocycles. The number of piperidine rings is 1. The summed E-state index contributed by atoms with van der Waals surface area (Å²) in [7, 11) is 0. The molecule has 3 heteroatoms. The Morgan fingerprint density at radius 3 is 2.61 bits per heavy atom. The number of rotatable bonds is 2. The fourth-order valence-corrected chi connectivity index (χ4v) is 2.66. The van der Waals surface area contributed by atoms with Gasteiger partial charge in [0, 0.05) is 6.54 Å². The summed E-state index contributed by atoms with van der Waals surface area (Å²) in [5.41, 5.74) is 1.33. The van der Waals surface area contributed by atoms with Crippen LogP contribution in [0, 0.1) is 5.92 Å². The lowest BCUT2D eigenvalue weighted by atomic mass is 9.99. The average molecular weight is 247 g/mol. The van der Waals surface area contributed by atoms with Gasteiger partial charge in [0.2, 0.25) is 0 Å².